The number of carbonyl (C=O) groups excluding carboxylic acids is 2. The molecule has 108 valence electrons. The van der Waals surface area contributed by atoms with Crippen molar-refractivity contribution in [1.29, 1.82) is 0 Å². The predicted octanol–water partition coefficient (Wildman–Crippen LogP) is 2.87. The van der Waals surface area contributed by atoms with Crippen molar-refractivity contribution in [1.82, 2.24) is 0 Å². The molecule has 4 heteroatoms. The summed E-state index contributed by atoms with van der Waals surface area (Å²) in [6.45, 7) is 3.93. The van der Waals surface area contributed by atoms with Crippen LogP contribution in [0.3, 0.4) is 0 Å². The number of hydrogen-bond acceptors (Lipinski definition) is 3. The van der Waals surface area contributed by atoms with E-state index < -0.39 is 5.92 Å². The fraction of sp³-hybridized carbons (Fsp3) is 0.412. The summed E-state index contributed by atoms with van der Waals surface area (Å²) in [5.74, 6) is -1.09. The van der Waals surface area contributed by atoms with E-state index in [9.17, 15) is 9.59 Å². The number of halogens is 1. The highest BCUT2D eigenvalue weighted by molar-refractivity contribution is 9.10. The van der Waals surface area contributed by atoms with Crippen LogP contribution in [0.5, 0.6) is 0 Å². The first-order valence-corrected chi connectivity index (χ1v) is 7.96. The summed E-state index contributed by atoms with van der Waals surface area (Å²) in [4.78, 5) is 25.7. The Bertz CT molecular complexity index is 653. The summed E-state index contributed by atoms with van der Waals surface area (Å²) < 4.78 is 6.66. The van der Waals surface area contributed by atoms with Crippen molar-refractivity contribution in [2.45, 2.75) is 32.0 Å². The molecule has 2 fully saturated rings. The first kappa shape index (κ1) is 13.4. The maximum atomic E-state index is 12.8. The average Bonchev–Trinajstić information content (AvgIpc) is 3.06. The third-order valence-corrected chi connectivity index (χ3v) is 5.43. The van der Waals surface area contributed by atoms with Gasteiger partial charge in [0.15, 0.2) is 11.6 Å². The topological polar surface area (TPSA) is 43.4 Å². The molecule has 2 heterocycles. The average molecular weight is 347 g/mol. The van der Waals surface area contributed by atoms with Crippen molar-refractivity contribution >= 4 is 27.5 Å². The Labute approximate surface area is 131 Å². The molecule has 4 unspecified atom stereocenters. The summed E-state index contributed by atoms with van der Waals surface area (Å²) in [5, 5.41) is 0. The molecule has 0 radical (unpaired) electrons. The summed E-state index contributed by atoms with van der Waals surface area (Å²) in [5.41, 5.74) is 2.88. The van der Waals surface area contributed by atoms with Crippen LogP contribution in [0.2, 0.25) is 0 Å². The fourth-order valence-electron chi connectivity index (χ4n) is 4.17. The standard InChI is InChI=1S/C17H15BrO3/c1-7-5-9(18)6-8(2)12(7)15-16(19)13-10-3-4-11(21-10)14(13)17(15)20/h3-6,10-11,13-15H,1-2H3. The highest BCUT2D eigenvalue weighted by atomic mass is 79.9. The number of carbonyl (C=O) groups is 2. The molecule has 3 aliphatic rings. The van der Waals surface area contributed by atoms with Gasteiger partial charge in [-0.2, -0.15) is 0 Å². The van der Waals surface area contributed by atoms with Gasteiger partial charge < -0.3 is 4.74 Å². The Hall–Kier alpha value is -1.26. The summed E-state index contributed by atoms with van der Waals surface area (Å²) in [7, 11) is 0. The molecule has 4 rings (SSSR count). The van der Waals surface area contributed by atoms with E-state index in [2.05, 4.69) is 15.9 Å². The molecule has 1 aromatic rings. The molecule has 1 saturated heterocycles. The molecular formula is C17H15BrO3. The molecule has 2 aliphatic heterocycles. The molecule has 0 amide bonds. The number of Topliss-reactive ketones (excluding diaryl/α,β-unsaturated/α-hetero) is 2. The highest BCUT2D eigenvalue weighted by Crippen LogP contribution is 2.50. The van der Waals surface area contributed by atoms with Crippen molar-refractivity contribution in [2.24, 2.45) is 11.8 Å². The van der Waals surface area contributed by atoms with Crippen LogP contribution >= 0.6 is 15.9 Å². The van der Waals surface area contributed by atoms with Crippen LogP contribution in [-0.2, 0) is 14.3 Å². The maximum Gasteiger partial charge on any atom is 0.154 e. The van der Waals surface area contributed by atoms with Crippen LogP contribution in [0.4, 0.5) is 0 Å². The summed E-state index contributed by atoms with van der Waals surface area (Å²) in [6.07, 6.45) is 3.47. The monoisotopic (exact) mass is 346 g/mol. The zero-order valence-corrected chi connectivity index (χ0v) is 13.4. The second-order valence-corrected chi connectivity index (χ2v) is 7.11. The van der Waals surface area contributed by atoms with Crippen molar-refractivity contribution in [3.05, 3.63) is 45.4 Å². The number of ketones is 2. The van der Waals surface area contributed by atoms with Gasteiger partial charge in [0.1, 0.15) is 5.92 Å². The van der Waals surface area contributed by atoms with Gasteiger partial charge in [0.25, 0.3) is 0 Å². The lowest BCUT2D eigenvalue weighted by molar-refractivity contribution is -0.127. The molecule has 21 heavy (non-hydrogen) atoms. The van der Waals surface area contributed by atoms with Gasteiger partial charge in [-0.1, -0.05) is 28.1 Å². The highest BCUT2D eigenvalue weighted by Gasteiger charge is 2.61. The van der Waals surface area contributed by atoms with Gasteiger partial charge >= 0.3 is 0 Å². The molecule has 4 atom stereocenters. The number of ether oxygens (including phenoxy) is 1. The van der Waals surface area contributed by atoms with Crippen molar-refractivity contribution in [3.8, 4) is 0 Å². The van der Waals surface area contributed by atoms with Gasteiger partial charge in [0.05, 0.1) is 24.0 Å². The predicted molar refractivity (Wildman–Crippen MR) is 81.2 cm³/mol. The normalized spacial score (nSPS) is 36.6. The molecule has 0 spiro atoms. The number of aryl methyl sites for hydroxylation is 2. The van der Waals surface area contributed by atoms with E-state index in [1.165, 1.54) is 0 Å². The molecule has 3 nitrogen and oxygen atoms in total. The van der Waals surface area contributed by atoms with E-state index in [0.29, 0.717) is 0 Å². The Kier molecular flexibility index (Phi) is 2.79. The Morgan fingerprint density at radius 1 is 0.952 bits per heavy atom. The van der Waals surface area contributed by atoms with Crippen LogP contribution < -0.4 is 0 Å². The lowest BCUT2D eigenvalue weighted by Crippen LogP contribution is -2.26. The van der Waals surface area contributed by atoms with E-state index in [1.807, 2.05) is 38.1 Å². The van der Waals surface area contributed by atoms with Gasteiger partial charge in [-0.15, -0.1) is 0 Å². The third-order valence-electron chi connectivity index (χ3n) is 4.97. The molecule has 2 bridgehead atoms. The van der Waals surface area contributed by atoms with E-state index in [0.717, 1.165) is 21.2 Å². The number of rotatable bonds is 1. The Morgan fingerprint density at radius 2 is 1.43 bits per heavy atom. The molecule has 1 aliphatic carbocycles. The summed E-state index contributed by atoms with van der Waals surface area (Å²) in [6, 6.07) is 3.95. The molecule has 1 saturated carbocycles. The van der Waals surface area contributed by atoms with Gasteiger partial charge in [-0.05, 0) is 42.7 Å². The van der Waals surface area contributed by atoms with E-state index >= 15 is 0 Å². The largest absolute Gasteiger partial charge is 0.365 e. The lowest BCUT2D eigenvalue weighted by atomic mass is 9.85. The number of hydrogen-bond donors (Lipinski definition) is 0. The van der Waals surface area contributed by atoms with Gasteiger partial charge in [-0.3, -0.25) is 9.59 Å². The Morgan fingerprint density at radius 3 is 1.90 bits per heavy atom. The third kappa shape index (κ3) is 1.69. The molecule has 0 aromatic heterocycles. The smallest absolute Gasteiger partial charge is 0.154 e. The number of benzene rings is 1. The zero-order valence-electron chi connectivity index (χ0n) is 11.8. The van der Waals surface area contributed by atoms with Crippen molar-refractivity contribution < 1.29 is 14.3 Å². The van der Waals surface area contributed by atoms with Crippen LogP contribution in [0, 0.1) is 25.7 Å². The quantitative estimate of drug-likeness (QED) is 0.580. The van der Waals surface area contributed by atoms with Gasteiger partial charge in [-0.25, -0.2) is 0 Å². The lowest BCUT2D eigenvalue weighted by Gasteiger charge is -2.17. The van der Waals surface area contributed by atoms with Crippen LogP contribution in [0.1, 0.15) is 22.6 Å². The van der Waals surface area contributed by atoms with Gasteiger partial charge in [0, 0.05) is 4.47 Å². The summed E-state index contributed by atoms with van der Waals surface area (Å²) >= 11 is 3.46. The van der Waals surface area contributed by atoms with E-state index in [1.54, 1.807) is 0 Å². The van der Waals surface area contributed by atoms with Crippen LogP contribution in [0.15, 0.2) is 28.8 Å². The van der Waals surface area contributed by atoms with Crippen LogP contribution in [0.25, 0.3) is 0 Å². The van der Waals surface area contributed by atoms with Crippen molar-refractivity contribution in [3.63, 3.8) is 0 Å². The SMILES string of the molecule is Cc1cc(Br)cc(C)c1C1C(=O)C2C3C=CC(O3)C2C1=O. The van der Waals surface area contributed by atoms with Gasteiger partial charge in [0.2, 0.25) is 0 Å². The minimum Gasteiger partial charge on any atom is -0.365 e. The molecule has 0 N–H and O–H groups in total. The second kappa shape index (κ2) is 4.37. The first-order valence-electron chi connectivity index (χ1n) is 7.17. The Balaban J connectivity index is 1.82. The zero-order chi connectivity index (χ0) is 14.9. The second-order valence-electron chi connectivity index (χ2n) is 6.19. The van der Waals surface area contributed by atoms with E-state index in [-0.39, 0.29) is 35.6 Å². The first-order chi connectivity index (χ1) is 9.99. The minimum atomic E-state index is -0.609. The maximum absolute atomic E-state index is 12.8. The minimum absolute atomic E-state index is 0.0374. The molecule has 1 aromatic carbocycles. The number of fused-ring (bicyclic) bond motifs is 5. The molecular weight excluding hydrogens is 332 g/mol. The van der Waals surface area contributed by atoms with E-state index in [4.69, 9.17) is 4.74 Å². The van der Waals surface area contributed by atoms with Crippen molar-refractivity contribution in [2.75, 3.05) is 0 Å². The van der Waals surface area contributed by atoms with Crippen LogP contribution in [-0.4, -0.2) is 23.8 Å². The fourth-order valence-corrected chi connectivity index (χ4v) is 4.86.